The van der Waals surface area contributed by atoms with Crippen LogP contribution in [0.2, 0.25) is 5.15 Å². The van der Waals surface area contributed by atoms with Crippen LogP contribution in [0.5, 0.6) is 0 Å². The lowest BCUT2D eigenvalue weighted by Gasteiger charge is -2.36. The van der Waals surface area contributed by atoms with Gasteiger partial charge in [0, 0.05) is 44.5 Å². The highest BCUT2D eigenvalue weighted by atomic mass is 35.5. The number of para-hydroxylation sites is 1. The molecule has 0 saturated carbocycles. The van der Waals surface area contributed by atoms with Crippen molar-refractivity contribution in [3.05, 3.63) is 54.2 Å². The van der Waals surface area contributed by atoms with Crippen molar-refractivity contribution < 1.29 is 0 Å². The smallest absolute Gasteiger partial charge is 0.232 e. The molecule has 1 saturated heterocycles. The summed E-state index contributed by atoms with van der Waals surface area (Å²) in [5.41, 5.74) is 1.24. The van der Waals surface area contributed by atoms with Crippen LogP contribution < -0.4 is 20.4 Å². The number of rotatable bonds is 5. The zero-order valence-electron chi connectivity index (χ0n) is 14.4. The van der Waals surface area contributed by atoms with E-state index in [0.29, 0.717) is 22.8 Å². The number of nitrogens with one attached hydrogen (secondary N) is 2. The topological polar surface area (TPSA) is 56.3 Å². The standard InChI is InChI=1S/C18H21ClN6S/c1-2-8-20-18(26)23-17-21-15(19)13-16(22-17)25-11-9-24(10-12-25)14-6-4-3-5-7-14/h2-7,13H,1,8-12H2,(H2,20,21,22,23,26). The lowest BCUT2D eigenvalue weighted by molar-refractivity contribution is 0.647. The molecule has 136 valence electrons. The van der Waals surface area contributed by atoms with Crippen molar-refractivity contribution in [1.82, 2.24) is 15.3 Å². The molecule has 1 fully saturated rings. The molecule has 1 aromatic heterocycles. The highest BCUT2D eigenvalue weighted by Crippen LogP contribution is 2.22. The van der Waals surface area contributed by atoms with Gasteiger partial charge in [0.2, 0.25) is 5.95 Å². The summed E-state index contributed by atoms with van der Waals surface area (Å²) in [6.07, 6.45) is 1.73. The third kappa shape index (κ3) is 4.83. The van der Waals surface area contributed by atoms with Crippen LogP contribution >= 0.6 is 23.8 Å². The lowest BCUT2D eigenvalue weighted by Crippen LogP contribution is -2.46. The highest BCUT2D eigenvalue weighted by molar-refractivity contribution is 7.80. The Hall–Kier alpha value is -2.38. The Morgan fingerprint density at radius 1 is 1.15 bits per heavy atom. The molecule has 3 rings (SSSR count). The van der Waals surface area contributed by atoms with Crippen molar-refractivity contribution in [2.45, 2.75) is 0 Å². The molecule has 1 aliphatic heterocycles. The summed E-state index contributed by atoms with van der Waals surface area (Å²) in [6.45, 7) is 7.79. The van der Waals surface area contributed by atoms with Crippen LogP contribution in [0.4, 0.5) is 17.5 Å². The van der Waals surface area contributed by atoms with E-state index in [1.807, 2.05) is 6.07 Å². The molecule has 0 bridgehead atoms. The van der Waals surface area contributed by atoms with E-state index in [1.54, 1.807) is 12.1 Å². The van der Waals surface area contributed by atoms with Gasteiger partial charge < -0.3 is 20.4 Å². The van der Waals surface area contributed by atoms with Gasteiger partial charge in [-0.05, 0) is 24.4 Å². The van der Waals surface area contributed by atoms with Crippen LogP contribution in [-0.2, 0) is 0 Å². The zero-order valence-corrected chi connectivity index (χ0v) is 15.9. The number of piperazine rings is 1. The second-order valence-corrected chi connectivity index (χ2v) is 6.60. The summed E-state index contributed by atoms with van der Waals surface area (Å²) in [7, 11) is 0. The molecular formula is C18H21ClN6S. The summed E-state index contributed by atoms with van der Waals surface area (Å²) < 4.78 is 0. The normalized spacial score (nSPS) is 14.0. The van der Waals surface area contributed by atoms with Crippen LogP contribution in [0, 0.1) is 0 Å². The minimum atomic E-state index is 0.384. The molecule has 2 aromatic rings. The second-order valence-electron chi connectivity index (χ2n) is 5.81. The van der Waals surface area contributed by atoms with E-state index in [0.717, 1.165) is 32.0 Å². The second kappa shape index (κ2) is 8.82. The summed E-state index contributed by atoms with van der Waals surface area (Å²) >= 11 is 11.4. The molecule has 8 heteroatoms. The maximum atomic E-state index is 6.17. The number of nitrogens with zero attached hydrogens (tertiary/aromatic N) is 4. The Labute approximate surface area is 163 Å². The fourth-order valence-corrected chi connectivity index (χ4v) is 3.12. The molecule has 2 N–H and O–H groups in total. The molecule has 1 aliphatic rings. The van der Waals surface area contributed by atoms with Crippen molar-refractivity contribution in [2.75, 3.05) is 47.8 Å². The van der Waals surface area contributed by atoms with E-state index < -0.39 is 0 Å². The predicted molar refractivity (Wildman–Crippen MR) is 112 cm³/mol. The van der Waals surface area contributed by atoms with E-state index in [2.05, 4.69) is 61.2 Å². The first-order valence-corrected chi connectivity index (χ1v) is 9.19. The highest BCUT2D eigenvalue weighted by Gasteiger charge is 2.19. The molecule has 0 radical (unpaired) electrons. The minimum absolute atomic E-state index is 0.384. The number of benzene rings is 1. The quantitative estimate of drug-likeness (QED) is 0.464. The Bertz CT molecular complexity index is 762. The minimum Gasteiger partial charge on any atom is -0.368 e. The van der Waals surface area contributed by atoms with Crippen LogP contribution in [-0.4, -0.2) is 47.8 Å². The molecule has 6 nitrogen and oxygen atoms in total. The number of hydrogen-bond donors (Lipinski definition) is 2. The number of aromatic nitrogens is 2. The third-order valence-electron chi connectivity index (χ3n) is 4.04. The average Bonchev–Trinajstić information content (AvgIpc) is 2.67. The first-order chi connectivity index (χ1) is 12.7. The van der Waals surface area contributed by atoms with Gasteiger partial charge in [0.25, 0.3) is 0 Å². The Morgan fingerprint density at radius 3 is 2.54 bits per heavy atom. The predicted octanol–water partition coefficient (Wildman–Crippen LogP) is 2.93. The number of thiocarbonyl (C=S) groups is 1. The molecule has 1 aromatic carbocycles. The maximum Gasteiger partial charge on any atom is 0.232 e. The van der Waals surface area contributed by atoms with E-state index in [4.69, 9.17) is 23.8 Å². The molecule has 0 atom stereocenters. The third-order valence-corrected chi connectivity index (χ3v) is 4.48. The largest absolute Gasteiger partial charge is 0.368 e. The van der Waals surface area contributed by atoms with Crippen LogP contribution in [0.3, 0.4) is 0 Å². The van der Waals surface area contributed by atoms with Crippen molar-refractivity contribution in [1.29, 1.82) is 0 Å². The summed E-state index contributed by atoms with van der Waals surface area (Å²) in [4.78, 5) is 13.3. The Kier molecular flexibility index (Phi) is 6.25. The average molecular weight is 389 g/mol. The van der Waals surface area contributed by atoms with Gasteiger partial charge in [-0.1, -0.05) is 35.9 Å². The van der Waals surface area contributed by atoms with Crippen LogP contribution in [0.25, 0.3) is 0 Å². The van der Waals surface area contributed by atoms with Crippen LogP contribution in [0.1, 0.15) is 0 Å². The zero-order chi connectivity index (χ0) is 18.4. The lowest BCUT2D eigenvalue weighted by atomic mass is 10.2. The fourth-order valence-electron chi connectivity index (χ4n) is 2.77. The van der Waals surface area contributed by atoms with Crippen molar-refractivity contribution >= 4 is 46.4 Å². The van der Waals surface area contributed by atoms with Crippen LogP contribution in [0.15, 0.2) is 49.1 Å². The van der Waals surface area contributed by atoms with E-state index in [1.165, 1.54) is 5.69 Å². The van der Waals surface area contributed by atoms with E-state index in [9.17, 15) is 0 Å². The number of halogens is 1. The van der Waals surface area contributed by atoms with Gasteiger partial charge >= 0.3 is 0 Å². The van der Waals surface area contributed by atoms with E-state index >= 15 is 0 Å². The van der Waals surface area contributed by atoms with Crippen molar-refractivity contribution in [3.8, 4) is 0 Å². The van der Waals surface area contributed by atoms with Gasteiger partial charge in [-0.3, -0.25) is 0 Å². The maximum absolute atomic E-state index is 6.17. The van der Waals surface area contributed by atoms with Gasteiger partial charge in [0.05, 0.1) is 0 Å². The molecule has 26 heavy (non-hydrogen) atoms. The molecular weight excluding hydrogens is 368 g/mol. The summed E-state index contributed by atoms with van der Waals surface area (Å²) in [5.74, 6) is 1.19. The molecule has 0 unspecified atom stereocenters. The van der Waals surface area contributed by atoms with E-state index in [-0.39, 0.29) is 0 Å². The van der Waals surface area contributed by atoms with Gasteiger partial charge in [0.1, 0.15) is 11.0 Å². The van der Waals surface area contributed by atoms with Crippen molar-refractivity contribution in [3.63, 3.8) is 0 Å². The SMILES string of the molecule is C=CCNC(=S)Nc1nc(Cl)cc(N2CCN(c3ccccc3)CC2)n1. The Morgan fingerprint density at radius 2 is 1.85 bits per heavy atom. The monoisotopic (exact) mass is 388 g/mol. The first kappa shape index (κ1) is 18.4. The van der Waals surface area contributed by atoms with Crippen molar-refractivity contribution in [2.24, 2.45) is 0 Å². The van der Waals surface area contributed by atoms with Gasteiger partial charge in [-0.15, -0.1) is 6.58 Å². The fraction of sp³-hybridized carbons (Fsp3) is 0.278. The molecule has 0 amide bonds. The number of hydrogen-bond acceptors (Lipinski definition) is 5. The molecule has 0 aliphatic carbocycles. The molecule has 0 spiro atoms. The summed E-state index contributed by atoms with van der Waals surface area (Å²) in [5, 5.41) is 6.76. The number of anilines is 3. The Balaban J connectivity index is 1.64. The summed E-state index contributed by atoms with van der Waals surface area (Å²) in [6, 6.07) is 12.2. The van der Waals surface area contributed by atoms with Gasteiger partial charge in [0.15, 0.2) is 5.11 Å². The first-order valence-electron chi connectivity index (χ1n) is 8.41. The van der Waals surface area contributed by atoms with Gasteiger partial charge in [-0.2, -0.15) is 4.98 Å². The molecule has 2 heterocycles. The van der Waals surface area contributed by atoms with Gasteiger partial charge in [-0.25, -0.2) is 4.98 Å².